The summed E-state index contributed by atoms with van der Waals surface area (Å²) >= 11 is 0. The molecular formula is C25H30F3N3O3. The minimum Gasteiger partial charge on any atom is -0.405 e. The largest absolute Gasteiger partial charge is 0.573 e. The highest BCUT2D eigenvalue weighted by Gasteiger charge is 2.34. The molecule has 4 rings (SSSR count). The summed E-state index contributed by atoms with van der Waals surface area (Å²) in [5.74, 6) is -0.679. The lowest BCUT2D eigenvalue weighted by Crippen LogP contribution is -2.44. The number of anilines is 1. The summed E-state index contributed by atoms with van der Waals surface area (Å²) in [7, 11) is 2.01. The normalized spacial score (nSPS) is 19.0. The second-order valence-corrected chi connectivity index (χ2v) is 9.43. The van der Waals surface area contributed by atoms with Crippen molar-refractivity contribution >= 4 is 11.6 Å². The zero-order valence-electron chi connectivity index (χ0n) is 19.8. The molecule has 1 N–H and O–H groups in total. The Hall–Kier alpha value is -2.78. The summed E-state index contributed by atoms with van der Waals surface area (Å²) in [5, 5.41) is 2.81. The van der Waals surface area contributed by atoms with Crippen LogP contribution in [0.2, 0.25) is 0 Å². The van der Waals surface area contributed by atoms with E-state index in [9.17, 15) is 18.0 Å². The van der Waals surface area contributed by atoms with E-state index in [0.717, 1.165) is 24.2 Å². The fourth-order valence-corrected chi connectivity index (χ4v) is 4.49. The van der Waals surface area contributed by atoms with Crippen LogP contribution in [0.1, 0.15) is 53.9 Å². The van der Waals surface area contributed by atoms with Gasteiger partial charge in [-0.2, -0.15) is 0 Å². The number of hydrogen-bond acceptors (Lipinski definition) is 5. The van der Waals surface area contributed by atoms with Crippen LogP contribution in [0.4, 0.5) is 18.9 Å². The van der Waals surface area contributed by atoms with Gasteiger partial charge in [-0.05, 0) is 57.1 Å². The van der Waals surface area contributed by atoms with E-state index < -0.39 is 18.0 Å². The Kier molecular flexibility index (Phi) is 6.52. The van der Waals surface area contributed by atoms with Gasteiger partial charge < -0.3 is 24.6 Å². The quantitative estimate of drug-likeness (QED) is 0.683. The van der Waals surface area contributed by atoms with E-state index >= 15 is 0 Å². The molecule has 184 valence electrons. The number of piperazine rings is 1. The van der Waals surface area contributed by atoms with Crippen molar-refractivity contribution in [2.24, 2.45) is 0 Å². The molecule has 0 unspecified atom stereocenters. The number of halogens is 3. The Morgan fingerprint density at radius 2 is 1.82 bits per heavy atom. The lowest BCUT2D eigenvalue weighted by molar-refractivity contribution is -0.274. The monoisotopic (exact) mass is 477 g/mol. The first-order valence-corrected chi connectivity index (χ1v) is 11.3. The van der Waals surface area contributed by atoms with Crippen LogP contribution in [0.3, 0.4) is 0 Å². The summed E-state index contributed by atoms with van der Waals surface area (Å²) in [6.07, 6.45) is -4.84. The predicted octanol–water partition coefficient (Wildman–Crippen LogP) is 4.59. The van der Waals surface area contributed by atoms with E-state index in [1.54, 1.807) is 31.2 Å². The topological polar surface area (TPSA) is 54.0 Å². The molecule has 9 heteroatoms. The van der Waals surface area contributed by atoms with Crippen LogP contribution in [-0.4, -0.2) is 50.4 Å². The first-order valence-electron chi connectivity index (χ1n) is 11.3. The lowest BCUT2D eigenvalue weighted by Gasteiger charge is -2.34. The van der Waals surface area contributed by atoms with Gasteiger partial charge in [0.25, 0.3) is 5.91 Å². The molecule has 0 spiro atoms. The zero-order valence-corrected chi connectivity index (χ0v) is 19.8. The number of amides is 1. The van der Waals surface area contributed by atoms with Gasteiger partial charge in [-0.15, -0.1) is 13.2 Å². The van der Waals surface area contributed by atoms with E-state index in [1.165, 1.54) is 6.07 Å². The molecule has 1 fully saturated rings. The second kappa shape index (κ2) is 9.11. The summed E-state index contributed by atoms with van der Waals surface area (Å²) < 4.78 is 49.7. The number of nitrogens with one attached hydrogen (secondary N) is 1. The molecule has 0 radical (unpaired) electrons. The van der Waals surface area contributed by atoms with Crippen LogP contribution >= 0.6 is 0 Å². The summed E-state index contributed by atoms with van der Waals surface area (Å²) in [6.45, 7) is 9.07. The summed E-state index contributed by atoms with van der Waals surface area (Å²) in [6, 6.07) is 9.43. The maximum atomic E-state index is 13.2. The summed E-state index contributed by atoms with van der Waals surface area (Å²) in [5.41, 5.74) is 2.90. The number of fused-ring (bicyclic) bond motifs is 1. The fraction of sp³-hybridized carbons (Fsp3) is 0.480. The van der Waals surface area contributed by atoms with Gasteiger partial charge in [0.15, 0.2) is 0 Å². The molecule has 0 saturated carbocycles. The standard InChI is InChI=1S/C25H30F3N3O3/c1-16(29-23(32)17-5-8-21-18(13-17)15-33-24(21,2)3)20-7-6-19(14-22(20)34-25(26,27)28)31-11-9-30(4)10-12-31/h5-8,13-14,16H,9-12,15H2,1-4H3,(H,29,32)/t16-/m0/s1. The van der Waals surface area contributed by atoms with Crippen LogP contribution in [0.5, 0.6) is 5.75 Å². The van der Waals surface area contributed by atoms with Crippen LogP contribution in [0.15, 0.2) is 36.4 Å². The fourth-order valence-electron chi connectivity index (χ4n) is 4.49. The van der Waals surface area contributed by atoms with Crippen molar-refractivity contribution in [3.8, 4) is 5.75 Å². The van der Waals surface area contributed by atoms with E-state index in [1.807, 2.05) is 31.9 Å². The average Bonchev–Trinajstić information content (AvgIpc) is 3.07. The maximum absolute atomic E-state index is 13.2. The number of rotatable bonds is 5. The SMILES string of the molecule is C[C@H](NC(=O)c1ccc2c(c1)COC2(C)C)c1ccc(N2CCN(C)CC2)cc1OC(F)(F)F. The second-order valence-electron chi connectivity index (χ2n) is 9.43. The van der Waals surface area contributed by atoms with Crippen molar-refractivity contribution in [2.45, 2.75) is 45.4 Å². The van der Waals surface area contributed by atoms with E-state index in [2.05, 4.69) is 15.0 Å². The Labute approximate surface area is 197 Å². The van der Waals surface area contributed by atoms with E-state index in [0.29, 0.717) is 30.9 Å². The molecule has 2 heterocycles. The Morgan fingerprint density at radius 3 is 2.50 bits per heavy atom. The van der Waals surface area contributed by atoms with Crippen molar-refractivity contribution in [3.05, 3.63) is 58.7 Å². The minimum absolute atomic E-state index is 0.258. The average molecular weight is 478 g/mol. The number of nitrogens with zero attached hydrogens (tertiary/aromatic N) is 2. The molecule has 2 aliphatic rings. The molecular weight excluding hydrogens is 447 g/mol. The Morgan fingerprint density at radius 1 is 1.12 bits per heavy atom. The van der Waals surface area contributed by atoms with Crippen LogP contribution in [0.25, 0.3) is 0 Å². The first-order chi connectivity index (χ1) is 15.9. The molecule has 0 bridgehead atoms. The summed E-state index contributed by atoms with van der Waals surface area (Å²) in [4.78, 5) is 17.1. The van der Waals surface area contributed by atoms with Gasteiger partial charge in [-0.25, -0.2) is 0 Å². The Bertz CT molecular complexity index is 1060. The van der Waals surface area contributed by atoms with Crippen LogP contribution < -0.4 is 15.0 Å². The van der Waals surface area contributed by atoms with Crippen molar-refractivity contribution in [3.63, 3.8) is 0 Å². The highest BCUT2D eigenvalue weighted by Crippen LogP contribution is 2.37. The molecule has 1 saturated heterocycles. The number of hydrogen-bond donors (Lipinski definition) is 1. The number of likely N-dealkylation sites (N-methyl/N-ethyl adjacent to an activating group) is 1. The van der Waals surface area contributed by atoms with Crippen molar-refractivity contribution in [1.29, 1.82) is 0 Å². The van der Waals surface area contributed by atoms with Crippen molar-refractivity contribution < 1.29 is 27.4 Å². The van der Waals surface area contributed by atoms with E-state index in [-0.39, 0.29) is 17.2 Å². The van der Waals surface area contributed by atoms with E-state index in [4.69, 9.17) is 4.74 Å². The number of carbonyl (C=O) groups excluding carboxylic acids is 1. The number of benzene rings is 2. The van der Waals surface area contributed by atoms with Gasteiger partial charge in [-0.3, -0.25) is 4.79 Å². The Balaban J connectivity index is 1.54. The van der Waals surface area contributed by atoms with Gasteiger partial charge in [0, 0.05) is 49.1 Å². The van der Waals surface area contributed by atoms with Crippen LogP contribution in [0, 0.1) is 0 Å². The number of alkyl halides is 3. The highest BCUT2D eigenvalue weighted by molar-refractivity contribution is 5.94. The van der Waals surface area contributed by atoms with Crippen LogP contribution in [-0.2, 0) is 16.9 Å². The molecule has 1 atom stereocenters. The maximum Gasteiger partial charge on any atom is 0.573 e. The molecule has 0 aliphatic carbocycles. The molecule has 1 amide bonds. The highest BCUT2D eigenvalue weighted by atomic mass is 19.4. The first kappa shape index (κ1) is 24.3. The third-order valence-corrected chi connectivity index (χ3v) is 6.51. The van der Waals surface area contributed by atoms with Gasteiger partial charge in [-0.1, -0.05) is 12.1 Å². The van der Waals surface area contributed by atoms with Gasteiger partial charge >= 0.3 is 6.36 Å². The molecule has 2 aromatic rings. The molecule has 2 aromatic carbocycles. The zero-order chi connectivity index (χ0) is 24.7. The van der Waals surface area contributed by atoms with Crippen molar-refractivity contribution in [2.75, 3.05) is 38.1 Å². The van der Waals surface area contributed by atoms with Gasteiger partial charge in [0.1, 0.15) is 5.75 Å². The molecule has 34 heavy (non-hydrogen) atoms. The lowest BCUT2D eigenvalue weighted by atomic mass is 9.94. The van der Waals surface area contributed by atoms with Gasteiger partial charge in [0.2, 0.25) is 0 Å². The molecule has 0 aromatic heterocycles. The minimum atomic E-state index is -4.84. The van der Waals surface area contributed by atoms with Crippen molar-refractivity contribution in [1.82, 2.24) is 10.2 Å². The van der Waals surface area contributed by atoms with Gasteiger partial charge in [0.05, 0.1) is 18.2 Å². The molecule has 2 aliphatic heterocycles. The molecule has 6 nitrogen and oxygen atoms in total. The third-order valence-electron chi connectivity index (χ3n) is 6.51. The third kappa shape index (κ3) is 5.31. The number of carbonyl (C=O) groups is 1. The number of ether oxygens (including phenoxy) is 2. The predicted molar refractivity (Wildman–Crippen MR) is 123 cm³/mol. The smallest absolute Gasteiger partial charge is 0.405 e.